The number of nitrogens with zero attached hydrogens (tertiary/aromatic N) is 2. The van der Waals surface area contributed by atoms with Crippen LogP contribution in [0.25, 0.3) is 10.9 Å². The Balaban J connectivity index is 1.71. The molecule has 5 nitrogen and oxygen atoms in total. The molecule has 1 fully saturated rings. The lowest BCUT2D eigenvalue weighted by molar-refractivity contribution is -0.119. The Labute approximate surface area is 151 Å². The molecule has 1 saturated heterocycles. The molecule has 1 atom stereocenters. The second-order valence-corrected chi connectivity index (χ2v) is 7.24. The maximum Gasteiger partial charge on any atom is 0.230 e. The summed E-state index contributed by atoms with van der Waals surface area (Å²) in [5, 5.41) is 13.9. The van der Waals surface area contributed by atoms with E-state index in [0.717, 1.165) is 41.5 Å². The topological polar surface area (TPSA) is 75.0 Å². The van der Waals surface area contributed by atoms with E-state index in [1.807, 2.05) is 32.0 Å². The number of aryl methyl sites for hydroxylation is 2. The number of nitriles is 1. The highest BCUT2D eigenvalue weighted by atomic mass is 32.2. The normalized spacial score (nSPS) is 16.8. The Kier molecular flexibility index (Phi) is 5.57. The molecule has 3 rings (SSSR count). The van der Waals surface area contributed by atoms with Gasteiger partial charge in [-0.2, -0.15) is 5.26 Å². The number of carbonyl (C=O) groups is 1. The standard InChI is InChI=1S/C19H21N3O2S/c1-12-5-6-13(2)18-16(12)8-14(9-20)19(22-18)25-11-17(23)21-10-15-4-3-7-24-15/h5-6,8,15H,3-4,7,10-11H2,1-2H3,(H,21,23). The minimum atomic E-state index is -0.0627. The van der Waals surface area contributed by atoms with Crippen molar-refractivity contribution in [2.75, 3.05) is 18.9 Å². The van der Waals surface area contributed by atoms with Crippen LogP contribution in [0.3, 0.4) is 0 Å². The molecule has 0 aliphatic carbocycles. The van der Waals surface area contributed by atoms with E-state index in [2.05, 4.69) is 16.4 Å². The molecule has 0 saturated carbocycles. The van der Waals surface area contributed by atoms with Crippen LogP contribution in [0.4, 0.5) is 0 Å². The molecule has 2 aromatic rings. The third-order valence-electron chi connectivity index (χ3n) is 4.38. The van der Waals surface area contributed by atoms with Crippen LogP contribution in [0.2, 0.25) is 0 Å². The highest BCUT2D eigenvalue weighted by molar-refractivity contribution is 8.00. The molecule has 1 N–H and O–H groups in total. The molecule has 0 bridgehead atoms. The van der Waals surface area contributed by atoms with E-state index in [4.69, 9.17) is 4.74 Å². The van der Waals surface area contributed by atoms with Crippen molar-refractivity contribution in [3.8, 4) is 6.07 Å². The first-order valence-electron chi connectivity index (χ1n) is 8.40. The van der Waals surface area contributed by atoms with E-state index < -0.39 is 0 Å². The summed E-state index contributed by atoms with van der Waals surface area (Å²) in [4.78, 5) is 16.7. The van der Waals surface area contributed by atoms with Gasteiger partial charge in [-0.3, -0.25) is 4.79 Å². The van der Waals surface area contributed by atoms with Crippen molar-refractivity contribution in [1.29, 1.82) is 5.26 Å². The van der Waals surface area contributed by atoms with Gasteiger partial charge >= 0.3 is 0 Å². The first-order chi connectivity index (χ1) is 12.1. The molecule has 1 aromatic heterocycles. The summed E-state index contributed by atoms with van der Waals surface area (Å²) in [7, 11) is 0. The van der Waals surface area contributed by atoms with Crippen molar-refractivity contribution in [3.63, 3.8) is 0 Å². The van der Waals surface area contributed by atoms with Crippen LogP contribution >= 0.6 is 11.8 Å². The highest BCUT2D eigenvalue weighted by Gasteiger charge is 2.17. The predicted molar refractivity (Wildman–Crippen MR) is 98.6 cm³/mol. The molecular weight excluding hydrogens is 334 g/mol. The molecule has 1 aliphatic rings. The van der Waals surface area contributed by atoms with Crippen LogP contribution < -0.4 is 5.32 Å². The van der Waals surface area contributed by atoms with Gasteiger partial charge in [0.05, 0.1) is 22.9 Å². The van der Waals surface area contributed by atoms with E-state index >= 15 is 0 Å². The number of carbonyl (C=O) groups excluding carboxylic acids is 1. The number of fused-ring (bicyclic) bond motifs is 1. The summed E-state index contributed by atoms with van der Waals surface area (Å²) < 4.78 is 5.50. The molecule has 1 amide bonds. The van der Waals surface area contributed by atoms with Gasteiger partial charge in [0.1, 0.15) is 11.1 Å². The van der Waals surface area contributed by atoms with Crippen LogP contribution in [0, 0.1) is 25.2 Å². The molecule has 1 aromatic carbocycles. The van der Waals surface area contributed by atoms with Gasteiger partial charge in [-0.15, -0.1) is 0 Å². The molecule has 130 valence electrons. The fourth-order valence-electron chi connectivity index (χ4n) is 2.92. The second kappa shape index (κ2) is 7.85. The number of pyridine rings is 1. The minimum Gasteiger partial charge on any atom is -0.376 e. The highest BCUT2D eigenvalue weighted by Crippen LogP contribution is 2.28. The van der Waals surface area contributed by atoms with Crippen molar-refractivity contribution in [2.24, 2.45) is 0 Å². The van der Waals surface area contributed by atoms with Gasteiger partial charge in [-0.05, 0) is 43.9 Å². The summed E-state index contributed by atoms with van der Waals surface area (Å²) in [6, 6.07) is 8.13. The Morgan fingerprint density at radius 2 is 2.24 bits per heavy atom. The van der Waals surface area contributed by atoms with Crippen LogP contribution in [0.1, 0.15) is 29.5 Å². The second-order valence-electron chi connectivity index (χ2n) is 6.28. The van der Waals surface area contributed by atoms with Crippen molar-refractivity contribution < 1.29 is 9.53 Å². The fraction of sp³-hybridized carbons (Fsp3) is 0.421. The number of aromatic nitrogens is 1. The van der Waals surface area contributed by atoms with Crippen molar-refractivity contribution in [3.05, 3.63) is 34.9 Å². The minimum absolute atomic E-state index is 0.0627. The third-order valence-corrected chi connectivity index (χ3v) is 5.37. The van der Waals surface area contributed by atoms with Crippen molar-refractivity contribution in [2.45, 2.75) is 37.8 Å². The zero-order valence-corrected chi connectivity index (χ0v) is 15.3. The van der Waals surface area contributed by atoms with Gasteiger partial charge in [0.2, 0.25) is 5.91 Å². The maximum atomic E-state index is 12.1. The Morgan fingerprint density at radius 1 is 1.44 bits per heavy atom. The fourth-order valence-corrected chi connectivity index (χ4v) is 3.71. The quantitative estimate of drug-likeness (QED) is 0.834. The van der Waals surface area contributed by atoms with E-state index in [1.165, 1.54) is 11.8 Å². The molecule has 2 heterocycles. The zero-order chi connectivity index (χ0) is 17.8. The first kappa shape index (κ1) is 17.7. The van der Waals surface area contributed by atoms with Gasteiger partial charge in [0.15, 0.2) is 0 Å². The SMILES string of the molecule is Cc1ccc(C)c2nc(SCC(=O)NCC3CCCO3)c(C#N)cc12. The summed E-state index contributed by atoms with van der Waals surface area (Å²) in [5.41, 5.74) is 3.56. The van der Waals surface area contributed by atoms with Gasteiger partial charge in [-0.1, -0.05) is 23.9 Å². The molecule has 25 heavy (non-hydrogen) atoms. The number of nitrogens with one attached hydrogen (secondary N) is 1. The lowest BCUT2D eigenvalue weighted by Gasteiger charge is -2.11. The summed E-state index contributed by atoms with van der Waals surface area (Å²) in [5.74, 6) is 0.178. The van der Waals surface area contributed by atoms with Crippen molar-refractivity contribution >= 4 is 28.6 Å². The number of amides is 1. The Bertz CT molecular complexity index is 839. The molecular formula is C19H21N3O2S. The Morgan fingerprint density at radius 3 is 2.96 bits per heavy atom. The number of rotatable bonds is 5. The molecule has 0 spiro atoms. The van der Waals surface area contributed by atoms with Gasteiger partial charge < -0.3 is 10.1 Å². The number of hydrogen-bond acceptors (Lipinski definition) is 5. The van der Waals surface area contributed by atoms with Gasteiger partial charge in [-0.25, -0.2) is 4.98 Å². The summed E-state index contributed by atoms with van der Waals surface area (Å²) in [6.45, 7) is 5.34. The van der Waals surface area contributed by atoms with E-state index in [-0.39, 0.29) is 17.8 Å². The summed E-state index contributed by atoms with van der Waals surface area (Å²) in [6.07, 6.45) is 2.19. The number of thioether (sulfide) groups is 1. The van der Waals surface area contributed by atoms with Crippen LogP contribution in [-0.4, -0.2) is 35.9 Å². The molecule has 0 radical (unpaired) electrons. The largest absolute Gasteiger partial charge is 0.376 e. The van der Waals surface area contributed by atoms with Gasteiger partial charge in [0.25, 0.3) is 0 Å². The lowest BCUT2D eigenvalue weighted by Crippen LogP contribution is -2.32. The van der Waals surface area contributed by atoms with E-state index in [0.29, 0.717) is 17.1 Å². The monoisotopic (exact) mass is 355 g/mol. The number of benzene rings is 1. The van der Waals surface area contributed by atoms with E-state index in [9.17, 15) is 10.1 Å². The first-order valence-corrected chi connectivity index (χ1v) is 9.39. The van der Waals surface area contributed by atoms with Crippen LogP contribution in [0.15, 0.2) is 23.2 Å². The molecule has 1 aliphatic heterocycles. The average molecular weight is 355 g/mol. The molecule has 1 unspecified atom stereocenters. The van der Waals surface area contributed by atoms with Crippen LogP contribution in [-0.2, 0) is 9.53 Å². The van der Waals surface area contributed by atoms with Crippen LogP contribution in [0.5, 0.6) is 0 Å². The zero-order valence-electron chi connectivity index (χ0n) is 14.5. The Hall–Kier alpha value is -2.10. The lowest BCUT2D eigenvalue weighted by atomic mass is 10.0. The number of hydrogen-bond donors (Lipinski definition) is 1. The van der Waals surface area contributed by atoms with E-state index in [1.54, 1.807) is 0 Å². The average Bonchev–Trinajstić information content (AvgIpc) is 3.14. The van der Waals surface area contributed by atoms with Crippen molar-refractivity contribution in [1.82, 2.24) is 10.3 Å². The summed E-state index contributed by atoms with van der Waals surface area (Å²) >= 11 is 1.31. The molecule has 6 heteroatoms. The van der Waals surface area contributed by atoms with Gasteiger partial charge in [0, 0.05) is 18.5 Å². The number of ether oxygens (including phenoxy) is 1. The third kappa shape index (κ3) is 4.12. The predicted octanol–water partition coefficient (Wildman–Crippen LogP) is 3.11. The maximum absolute atomic E-state index is 12.1. The smallest absolute Gasteiger partial charge is 0.230 e.